The molecule has 0 radical (unpaired) electrons. The fourth-order valence-corrected chi connectivity index (χ4v) is 3.60. The van der Waals surface area contributed by atoms with Crippen molar-refractivity contribution in [1.82, 2.24) is 4.90 Å². The third-order valence-electron chi connectivity index (χ3n) is 3.47. The number of nitrogens with zero attached hydrogens (tertiary/aromatic N) is 1. The van der Waals surface area contributed by atoms with Crippen molar-refractivity contribution in [2.75, 3.05) is 5.75 Å². The molecule has 0 bridgehead atoms. The molecule has 0 spiro atoms. The minimum atomic E-state index is -0.121. The van der Waals surface area contributed by atoms with Gasteiger partial charge < -0.3 is 14.4 Å². The maximum Gasteiger partial charge on any atom is 0.224 e. The quantitative estimate of drug-likeness (QED) is 0.943. The molecule has 1 saturated heterocycles. The Morgan fingerprint density at radius 1 is 1.24 bits per heavy atom. The number of hydrogen-bond acceptors (Lipinski definition) is 4. The molecule has 1 fully saturated rings. The minimum absolute atomic E-state index is 0.119. The van der Waals surface area contributed by atoms with Crippen LogP contribution in [0.2, 0.25) is 0 Å². The fourth-order valence-electron chi connectivity index (χ4n) is 2.42. The van der Waals surface area contributed by atoms with E-state index in [1.54, 1.807) is 17.8 Å². The highest BCUT2D eigenvalue weighted by molar-refractivity contribution is 7.99. The number of carbonyl (C=O) groups is 1. The highest BCUT2D eigenvalue weighted by atomic mass is 32.2. The first-order valence-corrected chi connectivity index (χ1v) is 7.97. The van der Waals surface area contributed by atoms with Crippen LogP contribution in [0.25, 0.3) is 0 Å². The monoisotopic (exact) mass is 303 g/mol. The molecule has 0 aliphatic carbocycles. The SMILES string of the molecule is O=C1CCSC(c2ccc(CO)o2)N1Cc1ccccc1. The minimum Gasteiger partial charge on any atom is -0.460 e. The van der Waals surface area contributed by atoms with E-state index >= 15 is 0 Å². The summed E-state index contributed by atoms with van der Waals surface area (Å²) in [4.78, 5) is 14.1. The van der Waals surface area contributed by atoms with Crippen LogP contribution < -0.4 is 0 Å². The first-order chi connectivity index (χ1) is 10.3. The van der Waals surface area contributed by atoms with Crippen molar-refractivity contribution < 1.29 is 14.3 Å². The molecule has 1 atom stereocenters. The number of aliphatic hydroxyl groups is 1. The van der Waals surface area contributed by atoms with Gasteiger partial charge in [-0.05, 0) is 17.7 Å². The van der Waals surface area contributed by atoms with Gasteiger partial charge in [-0.1, -0.05) is 30.3 Å². The van der Waals surface area contributed by atoms with Gasteiger partial charge in [0.1, 0.15) is 23.5 Å². The van der Waals surface area contributed by atoms with Crippen molar-refractivity contribution in [3.8, 4) is 0 Å². The van der Waals surface area contributed by atoms with E-state index in [-0.39, 0.29) is 17.9 Å². The third-order valence-corrected chi connectivity index (χ3v) is 4.71. The van der Waals surface area contributed by atoms with Gasteiger partial charge in [0.2, 0.25) is 5.91 Å². The molecule has 1 aromatic heterocycles. The predicted octanol–water partition coefficient (Wildman–Crippen LogP) is 2.94. The van der Waals surface area contributed by atoms with Gasteiger partial charge >= 0.3 is 0 Å². The van der Waals surface area contributed by atoms with Crippen molar-refractivity contribution >= 4 is 17.7 Å². The van der Waals surface area contributed by atoms with Crippen LogP contribution in [0.15, 0.2) is 46.9 Å². The lowest BCUT2D eigenvalue weighted by atomic mass is 10.2. The van der Waals surface area contributed by atoms with Crippen molar-refractivity contribution in [1.29, 1.82) is 0 Å². The first-order valence-electron chi connectivity index (χ1n) is 6.92. The van der Waals surface area contributed by atoms with E-state index in [0.717, 1.165) is 17.1 Å². The third kappa shape index (κ3) is 3.14. The van der Waals surface area contributed by atoms with Crippen molar-refractivity contribution in [2.24, 2.45) is 0 Å². The smallest absolute Gasteiger partial charge is 0.224 e. The van der Waals surface area contributed by atoms with E-state index < -0.39 is 0 Å². The van der Waals surface area contributed by atoms with Gasteiger partial charge in [-0.15, -0.1) is 11.8 Å². The molecule has 3 rings (SSSR count). The molecule has 4 nitrogen and oxygen atoms in total. The number of amides is 1. The number of rotatable bonds is 4. The number of carbonyl (C=O) groups excluding carboxylic acids is 1. The van der Waals surface area contributed by atoms with Crippen molar-refractivity contribution in [3.63, 3.8) is 0 Å². The molecule has 0 saturated carbocycles. The molecule has 2 heterocycles. The number of thioether (sulfide) groups is 1. The van der Waals surface area contributed by atoms with Gasteiger partial charge in [0.05, 0.1) is 0 Å². The molecule has 1 unspecified atom stereocenters. The Kier molecular flexibility index (Phi) is 4.31. The van der Waals surface area contributed by atoms with E-state index in [2.05, 4.69) is 0 Å². The van der Waals surface area contributed by atoms with Crippen LogP contribution in [-0.4, -0.2) is 21.7 Å². The molecule has 1 aromatic carbocycles. The molecule has 1 aliphatic rings. The second-order valence-electron chi connectivity index (χ2n) is 4.94. The maximum absolute atomic E-state index is 12.3. The van der Waals surface area contributed by atoms with Crippen LogP contribution in [0.1, 0.15) is 28.9 Å². The van der Waals surface area contributed by atoms with Gasteiger partial charge in [-0.3, -0.25) is 4.79 Å². The topological polar surface area (TPSA) is 53.7 Å². The van der Waals surface area contributed by atoms with Crippen LogP contribution in [-0.2, 0) is 17.9 Å². The second-order valence-corrected chi connectivity index (χ2v) is 6.13. The zero-order valence-corrected chi connectivity index (χ0v) is 12.4. The molecule has 110 valence electrons. The summed E-state index contributed by atoms with van der Waals surface area (Å²) in [5, 5.41) is 9.00. The fraction of sp³-hybridized carbons (Fsp3) is 0.312. The summed E-state index contributed by atoms with van der Waals surface area (Å²) in [6.07, 6.45) is 0.557. The zero-order valence-electron chi connectivity index (χ0n) is 11.6. The highest BCUT2D eigenvalue weighted by Gasteiger charge is 2.31. The van der Waals surface area contributed by atoms with Crippen molar-refractivity contribution in [3.05, 3.63) is 59.5 Å². The number of hydrogen-bond donors (Lipinski definition) is 1. The van der Waals surface area contributed by atoms with Gasteiger partial charge in [0, 0.05) is 18.7 Å². The van der Waals surface area contributed by atoms with Crippen molar-refractivity contribution in [2.45, 2.75) is 24.9 Å². The molecule has 1 amide bonds. The van der Waals surface area contributed by atoms with Gasteiger partial charge in [-0.2, -0.15) is 0 Å². The van der Waals surface area contributed by atoms with E-state index in [1.807, 2.05) is 41.3 Å². The summed E-state index contributed by atoms with van der Waals surface area (Å²) in [5.74, 6) is 2.20. The largest absolute Gasteiger partial charge is 0.460 e. The Morgan fingerprint density at radius 2 is 2.05 bits per heavy atom. The first kappa shape index (κ1) is 14.2. The normalized spacial score (nSPS) is 19.0. The van der Waals surface area contributed by atoms with Gasteiger partial charge in [0.25, 0.3) is 0 Å². The zero-order chi connectivity index (χ0) is 14.7. The van der Waals surface area contributed by atoms with Crippen LogP contribution in [0.5, 0.6) is 0 Å². The highest BCUT2D eigenvalue weighted by Crippen LogP contribution is 2.39. The number of furan rings is 1. The molecule has 2 aromatic rings. The standard InChI is InChI=1S/C16H17NO3S/c18-11-13-6-7-14(20-13)16-17(15(19)8-9-21-16)10-12-4-2-1-3-5-12/h1-7,16,18H,8-11H2. The van der Waals surface area contributed by atoms with Crippen LogP contribution in [0.3, 0.4) is 0 Å². The van der Waals surface area contributed by atoms with E-state index in [1.165, 1.54) is 0 Å². The number of aliphatic hydroxyl groups excluding tert-OH is 1. The van der Waals surface area contributed by atoms with Gasteiger partial charge in [0.15, 0.2) is 0 Å². The number of benzene rings is 1. The average molecular weight is 303 g/mol. The summed E-state index contributed by atoms with van der Waals surface area (Å²) in [6, 6.07) is 13.6. The summed E-state index contributed by atoms with van der Waals surface area (Å²) in [6.45, 7) is 0.455. The Bertz CT molecular complexity index is 611. The lowest BCUT2D eigenvalue weighted by Gasteiger charge is -2.34. The van der Waals surface area contributed by atoms with Crippen LogP contribution >= 0.6 is 11.8 Å². The molecule has 1 aliphatic heterocycles. The Balaban J connectivity index is 1.84. The Hall–Kier alpha value is -1.72. The Labute approximate surface area is 127 Å². The summed E-state index contributed by atoms with van der Waals surface area (Å²) in [7, 11) is 0. The summed E-state index contributed by atoms with van der Waals surface area (Å²) in [5.41, 5.74) is 1.10. The average Bonchev–Trinajstić information content (AvgIpc) is 2.99. The lowest BCUT2D eigenvalue weighted by molar-refractivity contribution is -0.133. The lowest BCUT2D eigenvalue weighted by Crippen LogP contribution is -2.36. The maximum atomic E-state index is 12.3. The summed E-state index contributed by atoms with van der Waals surface area (Å²) < 4.78 is 5.62. The van der Waals surface area contributed by atoms with E-state index in [4.69, 9.17) is 9.52 Å². The Morgan fingerprint density at radius 3 is 2.76 bits per heavy atom. The predicted molar refractivity (Wildman–Crippen MR) is 81.4 cm³/mol. The van der Waals surface area contributed by atoms with Crippen LogP contribution in [0, 0.1) is 0 Å². The molecule has 1 N–H and O–H groups in total. The second kappa shape index (κ2) is 6.37. The van der Waals surface area contributed by atoms with E-state index in [9.17, 15) is 4.79 Å². The van der Waals surface area contributed by atoms with Crippen LogP contribution in [0.4, 0.5) is 0 Å². The van der Waals surface area contributed by atoms with Gasteiger partial charge in [-0.25, -0.2) is 0 Å². The molecular formula is C16H17NO3S. The molecular weight excluding hydrogens is 286 g/mol. The molecule has 5 heteroatoms. The van der Waals surface area contributed by atoms with E-state index in [0.29, 0.717) is 18.7 Å². The molecule has 21 heavy (non-hydrogen) atoms. The summed E-state index contributed by atoms with van der Waals surface area (Å²) >= 11 is 1.70.